The Labute approximate surface area is 232 Å². The molecule has 0 bridgehead atoms. The summed E-state index contributed by atoms with van der Waals surface area (Å²) in [5, 5.41) is 5.11. The number of aromatic nitrogens is 2. The van der Waals surface area contributed by atoms with Crippen molar-refractivity contribution in [2.75, 3.05) is 11.9 Å². The third kappa shape index (κ3) is 3.38. The highest BCUT2D eigenvalue weighted by Gasteiger charge is 2.14. The second kappa shape index (κ2) is 8.89. The van der Waals surface area contributed by atoms with Gasteiger partial charge in [-0.3, -0.25) is 0 Å². The first kappa shape index (κ1) is 22.7. The predicted molar refractivity (Wildman–Crippen MR) is 170 cm³/mol. The molecule has 0 spiro atoms. The second-order valence-electron chi connectivity index (χ2n) is 10.3. The van der Waals surface area contributed by atoms with E-state index in [9.17, 15) is 0 Å². The lowest BCUT2D eigenvalue weighted by molar-refractivity contribution is 1.14. The molecule has 0 aliphatic heterocycles. The first-order valence-electron chi connectivity index (χ1n) is 13.7. The first-order valence-corrected chi connectivity index (χ1v) is 13.7. The number of rotatable bonds is 4. The van der Waals surface area contributed by atoms with Gasteiger partial charge in [-0.25, -0.2) is 0 Å². The van der Waals surface area contributed by atoms with E-state index in [1.165, 1.54) is 43.6 Å². The van der Waals surface area contributed by atoms with Crippen LogP contribution >= 0.6 is 0 Å². The van der Waals surface area contributed by atoms with Crippen LogP contribution in [-0.4, -0.2) is 16.2 Å². The van der Waals surface area contributed by atoms with E-state index in [0.717, 1.165) is 22.7 Å². The Bertz CT molecular complexity index is 2070. The summed E-state index contributed by atoms with van der Waals surface area (Å²) in [5.41, 5.74) is 9.50. The summed E-state index contributed by atoms with van der Waals surface area (Å²) in [6.07, 6.45) is 0. The second-order valence-corrected chi connectivity index (χ2v) is 10.3. The quantitative estimate of drug-likeness (QED) is 0.228. The van der Waals surface area contributed by atoms with Crippen LogP contribution in [0.15, 0.2) is 146 Å². The standard InChI is InChI=1S/C37H27N3/c1-38(26-21-23-27(24-22-26)39-34-17-6-2-13-30(34)31-14-3-7-18-35(31)39)28-11-10-12-29(25-28)40-36-19-8-4-15-32(36)33-16-5-9-20-37(33)40/h2-25H,1H3. The van der Waals surface area contributed by atoms with E-state index in [4.69, 9.17) is 0 Å². The number of para-hydroxylation sites is 4. The maximum atomic E-state index is 2.37. The molecule has 0 N–H and O–H groups in total. The summed E-state index contributed by atoms with van der Waals surface area (Å²) in [5.74, 6) is 0. The highest BCUT2D eigenvalue weighted by Crippen LogP contribution is 2.35. The molecule has 0 aliphatic rings. The Kier molecular flexibility index (Phi) is 5.04. The molecule has 2 heterocycles. The maximum Gasteiger partial charge on any atom is 0.0541 e. The van der Waals surface area contributed by atoms with Gasteiger partial charge in [-0.2, -0.15) is 0 Å². The summed E-state index contributed by atoms with van der Waals surface area (Å²) in [6.45, 7) is 0. The van der Waals surface area contributed by atoms with Gasteiger partial charge in [0.2, 0.25) is 0 Å². The summed E-state index contributed by atoms with van der Waals surface area (Å²) in [4.78, 5) is 2.26. The number of benzene rings is 6. The van der Waals surface area contributed by atoms with E-state index in [0.29, 0.717) is 0 Å². The minimum atomic E-state index is 1.14. The highest BCUT2D eigenvalue weighted by molar-refractivity contribution is 6.10. The molecule has 8 rings (SSSR count). The molecule has 0 aliphatic carbocycles. The Balaban J connectivity index is 1.20. The minimum absolute atomic E-state index is 1.14. The van der Waals surface area contributed by atoms with Crippen molar-refractivity contribution in [3.05, 3.63) is 146 Å². The average molecular weight is 514 g/mol. The van der Waals surface area contributed by atoms with Crippen LogP contribution in [0.4, 0.5) is 11.4 Å². The maximum absolute atomic E-state index is 2.37. The molecule has 0 fully saturated rings. The summed E-state index contributed by atoms with van der Waals surface area (Å²) in [6, 6.07) is 52.3. The van der Waals surface area contributed by atoms with Crippen LogP contribution < -0.4 is 4.90 Å². The number of hydrogen-bond acceptors (Lipinski definition) is 1. The van der Waals surface area contributed by atoms with Crippen molar-refractivity contribution < 1.29 is 0 Å². The van der Waals surface area contributed by atoms with E-state index in [-0.39, 0.29) is 0 Å². The van der Waals surface area contributed by atoms with Crippen LogP contribution in [0, 0.1) is 0 Å². The zero-order valence-corrected chi connectivity index (χ0v) is 22.2. The minimum Gasteiger partial charge on any atom is -0.345 e. The molecule has 190 valence electrons. The number of hydrogen-bond donors (Lipinski definition) is 0. The van der Waals surface area contributed by atoms with Crippen LogP contribution in [0.2, 0.25) is 0 Å². The van der Waals surface area contributed by atoms with E-state index >= 15 is 0 Å². The monoisotopic (exact) mass is 513 g/mol. The van der Waals surface area contributed by atoms with Crippen molar-refractivity contribution in [3.63, 3.8) is 0 Å². The van der Waals surface area contributed by atoms with Gasteiger partial charge in [0.15, 0.2) is 0 Å². The van der Waals surface area contributed by atoms with Crippen LogP contribution in [0.25, 0.3) is 55.0 Å². The Morgan fingerprint density at radius 3 is 1.27 bits per heavy atom. The van der Waals surface area contributed by atoms with Crippen molar-refractivity contribution in [3.8, 4) is 11.4 Å². The summed E-state index contributed by atoms with van der Waals surface area (Å²) in [7, 11) is 2.14. The van der Waals surface area contributed by atoms with Gasteiger partial charge in [-0.05, 0) is 66.7 Å². The normalized spacial score (nSPS) is 11.6. The largest absolute Gasteiger partial charge is 0.345 e. The van der Waals surface area contributed by atoms with Crippen molar-refractivity contribution in [2.45, 2.75) is 0 Å². The molecule has 0 unspecified atom stereocenters. The fraction of sp³-hybridized carbons (Fsp3) is 0.0270. The molecule has 0 saturated carbocycles. The first-order chi connectivity index (χ1) is 19.8. The lowest BCUT2D eigenvalue weighted by atomic mass is 10.2. The molecule has 0 atom stereocenters. The SMILES string of the molecule is CN(c1ccc(-n2c3ccccc3c3ccccc32)cc1)c1cccc(-n2c3ccccc3c3ccccc32)c1. The molecule has 40 heavy (non-hydrogen) atoms. The predicted octanol–water partition coefficient (Wildman–Crippen LogP) is 9.65. The van der Waals surface area contributed by atoms with Crippen molar-refractivity contribution >= 4 is 55.0 Å². The van der Waals surface area contributed by atoms with Crippen LogP contribution in [0.5, 0.6) is 0 Å². The molecular formula is C37H27N3. The fourth-order valence-electron chi connectivity index (χ4n) is 6.22. The highest BCUT2D eigenvalue weighted by atomic mass is 15.1. The van der Waals surface area contributed by atoms with Crippen LogP contribution in [0.1, 0.15) is 0 Å². The molecule has 6 aromatic carbocycles. The lowest BCUT2D eigenvalue weighted by Crippen LogP contribution is -2.10. The molecule has 3 nitrogen and oxygen atoms in total. The summed E-state index contributed by atoms with van der Waals surface area (Å²) >= 11 is 0. The topological polar surface area (TPSA) is 13.1 Å². The van der Waals surface area contributed by atoms with Crippen LogP contribution in [0.3, 0.4) is 0 Å². The average Bonchev–Trinajstić information content (AvgIpc) is 3.54. The van der Waals surface area contributed by atoms with Gasteiger partial charge < -0.3 is 14.0 Å². The smallest absolute Gasteiger partial charge is 0.0541 e. The Morgan fingerprint density at radius 2 is 0.800 bits per heavy atom. The van der Waals surface area contributed by atoms with Gasteiger partial charge in [-0.15, -0.1) is 0 Å². The molecule has 0 radical (unpaired) electrons. The number of anilines is 2. The molecule has 0 amide bonds. The Hall–Kier alpha value is -5.28. The van der Waals surface area contributed by atoms with Gasteiger partial charge in [0, 0.05) is 51.3 Å². The Morgan fingerprint density at radius 1 is 0.375 bits per heavy atom. The van der Waals surface area contributed by atoms with E-state index in [1.54, 1.807) is 0 Å². The van der Waals surface area contributed by atoms with Gasteiger partial charge in [0.1, 0.15) is 0 Å². The third-order valence-electron chi connectivity index (χ3n) is 8.13. The third-order valence-corrected chi connectivity index (χ3v) is 8.13. The molecule has 8 aromatic rings. The summed E-state index contributed by atoms with van der Waals surface area (Å²) < 4.78 is 4.73. The van der Waals surface area contributed by atoms with Gasteiger partial charge in [-0.1, -0.05) is 78.9 Å². The van der Waals surface area contributed by atoms with Gasteiger partial charge in [0.05, 0.1) is 22.1 Å². The lowest BCUT2D eigenvalue weighted by Gasteiger charge is -2.21. The number of fused-ring (bicyclic) bond motifs is 6. The zero-order valence-electron chi connectivity index (χ0n) is 22.2. The molecular weight excluding hydrogens is 486 g/mol. The zero-order chi connectivity index (χ0) is 26.6. The fourth-order valence-corrected chi connectivity index (χ4v) is 6.22. The van der Waals surface area contributed by atoms with Crippen molar-refractivity contribution in [1.29, 1.82) is 0 Å². The molecule has 3 heteroatoms. The van der Waals surface area contributed by atoms with Gasteiger partial charge in [0.25, 0.3) is 0 Å². The van der Waals surface area contributed by atoms with Crippen molar-refractivity contribution in [2.24, 2.45) is 0 Å². The molecule has 2 aromatic heterocycles. The van der Waals surface area contributed by atoms with E-state index in [2.05, 4.69) is 167 Å². The van der Waals surface area contributed by atoms with Gasteiger partial charge >= 0.3 is 0 Å². The van der Waals surface area contributed by atoms with Crippen LogP contribution in [-0.2, 0) is 0 Å². The van der Waals surface area contributed by atoms with E-state index in [1.807, 2.05) is 0 Å². The van der Waals surface area contributed by atoms with E-state index < -0.39 is 0 Å². The van der Waals surface area contributed by atoms with Crippen molar-refractivity contribution in [1.82, 2.24) is 9.13 Å². The molecule has 0 saturated heterocycles. The number of nitrogens with zero attached hydrogens (tertiary/aromatic N) is 3.